The highest BCUT2D eigenvalue weighted by atomic mass is 35.5. The van der Waals surface area contributed by atoms with Crippen LogP contribution in [-0.4, -0.2) is 22.0 Å². The number of hydrogen-bond donors (Lipinski definition) is 1. The van der Waals surface area contributed by atoms with E-state index in [0.29, 0.717) is 5.76 Å². The zero-order chi connectivity index (χ0) is 10.7. The zero-order valence-corrected chi connectivity index (χ0v) is 8.19. The molecule has 0 fully saturated rings. The normalized spacial score (nSPS) is 10.2. The Morgan fingerprint density at radius 1 is 1.53 bits per heavy atom. The van der Waals surface area contributed by atoms with Crippen molar-refractivity contribution in [2.45, 2.75) is 0 Å². The van der Waals surface area contributed by atoms with Gasteiger partial charge in [0.25, 0.3) is 5.89 Å². The Morgan fingerprint density at radius 2 is 2.40 bits per heavy atom. The summed E-state index contributed by atoms with van der Waals surface area (Å²) in [5, 5.41) is 9.59. The van der Waals surface area contributed by atoms with Crippen LogP contribution >= 0.6 is 11.6 Å². The summed E-state index contributed by atoms with van der Waals surface area (Å²) in [7, 11) is 0. The predicted octanol–water partition coefficient (Wildman–Crippen LogP) is 1.51. The van der Waals surface area contributed by atoms with Crippen molar-refractivity contribution in [3.05, 3.63) is 18.4 Å². The van der Waals surface area contributed by atoms with Crippen LogP contribution in [0, 0.1) is 0 Å². The van der Waals surface area contributed by atoms with Crippen molar-refractivity contribution in [1.82, 2.24) is 10.2 Å². The number of carbonyl (C=O) groups is 1. The second kappa shape index (κ2) is 4.14. The Morgan fingerprint density at radius 3 is 3.07 bits per heavy atom. The Labute approximate surface area is 89.2 Å². The third-order valence-corrected chi connectivity index (χ3v) is 1.77. The van der Waals surface area contributed by atoms with Crippen LogP contribution < -0.4 is 5.32 Å². The van der Waals surface area contributed by atoms with Crippen LogP contribution in [0.4, 0.5) is 6.01 Å². The van der Waals surface area contributed by atoms with Crippen LogP contribution in [0.25, 0.3) is 11.7 Å². The van der Waals surface area contributed by atoms with Gasteiger partial charge >= 0.3 is 6.01 Å². The van der Waals surface area contributed by atoms with Gasteiger partial charge in [-0.25, -0.2) is 0 Å². The maximum absolute atomic E-state index is 10.9. The topological polar surface area (TPSA) is 81.2 Å². The Hall–Kier alpha value is -1.82. The van der Waals surface area contributed by atoms with Crippen LogP contribution in [0.3, 0.4) is 0 Å². The van der Waals surface area contributed by atoms with Gasteiger partial charge in [-0.1, -0.05) is 5.10 Å². The van der Waals surface area contributed by atoms with Crippen LogP contribution in [0.2, 0.25) is 0 Å². The van der Waals surface area contributed by atoms with Gasteiger partial charge in [0.05, 0.1) is 6.26 Å². The number of carbonyl (C=O) groups excluding carboxylic acids is 1. The van der Waals surface area contributed by atoms with Crippen LogP contribution in [-0.2, 0) is 4.79 Å². The standard InChI is InChI=1S/C8H6ClN3O3/c9-4-6(13)10-8-12-11-7(15-8)5-2-1-3-14-5/h1-3H,4H2,(H,10,12,13). The van der Waals surface area contributed by atoms with E-state index in [2.05, 4.69) is 15.5 Å². The second-order valence-corrected chi connectivity index (χ2v) is 2.84. The first kappa shape index (κ1) is 9.72. The average molecular weight is 228 g/mol. The van der Waals surface area contributed by atoms with Crippen molar-refractivity contribution >= 4 is 23.5 Å². The van der Waals surface area contributed by atoms with Crippen molar-refractivity contribution in [3.63, 3.8) is 0 Å². The molecule has 1 amide bonds. The molecule has 0 aliphatic carbocycles. The molecule has 2 heterocycles. The van der Waals surface area contributed by atoms with Gasteiger partial charge in [0.15, 0.2) is 5.76 Å². The van der Waals surface area contributed by atoms with Crippen molar-refractivity contribution < 1.29 is 13.6 Å². The lowest BCUT2D eigenvalue weighted by molar-refractivity contribution is -0.114. The number of aromatic nitrogens is 2. The summed E-state index contributed by atoms with van der Waals surface area (Å²) in [5.74, 6) is 0.0587. The van der Waals surface area contributed by atoms with E-state index in [1.54, 1.807) is 12.1 Å². The molecule has 0 aliphatic heterocycles. The highest BCUT2D eigenvalue weighted by Gasteiger charge is 2.11. The molecule has 78 valence electrons. The fourth-order valence-corrected chi connectivity index (χ4v) is 0.993. The zero-order valence-electron chi connectivity index (χ0n) is 7.44. The lowest BCUT2D eigenvalue weighted by atomic mass is 10.5. The van der Waals surface area contributed by atoms with Gasteiger partial charge in [-0.15, -0.1) is 16.7 Å². The lowest BCUT2D eigenvalue weighted by Crippen LogP contribution is -2.12. The van der Waals surface area contributed by atoms with Gasteiger partial charge in [0.1, 0.15) is 5.88 Å². The molecule has 1 N–H and O–H groups in total. The van der Waals surface area contributed by atoms with Gasteiger partial charge in [-0.3, -0.25) is 10.1 Å². The molecule has 0 unspecified atom stereocenters. The van der Waals surface area contributed by atoms with E-state index in [1.165, 1.54) is 6.26 Å². The smallest absolute Gasteiger partial charge is 0.322 e. The molecule has 0 aromatic carbocycles. The molecular weight excluding hydrogens is 222 g/mol. The minimum atomic E-state index is -0.411. The average Bonchev–Trinajstić information content (AvgIpc) is 2.85. The molecule has 0 radical (unpaired) electrons. The molecule has 0 atom stereocenters. The molecule has 0 spiro atoms. The number of amides is 1. The molecule has 6 nitrogen and oxygen atoms in total. The Bertz CT molecular complexity index is 451. The number of nitrogens with one attached hydrogen (secondary N) is 1. The van der Waals surface area contributed by atoms with Crippen LogP contribution in [0.15, 0.2) is 27.2 Å². The predicted molar refractivity (Wildman–Crippen MR) is 51.3 cm³/mol. The van der Waals surface area contributed by atoms with E-state index in [4.69, 9.17) is 20.4 Å². The summed E-state index contributed by atoms with van der Waals surface area (Å²) >= 11 is 5.29. The first-order valence-corrected chi connectivity index (χ1v) is 4.56. The fourth-order valence-electron chi connectivity index (χ4n) is 0.926. The van der Waals surface area contributed by atoms with Crippen molar-refractivity contribution in [3.8, 4) is 11.7 Å². The molecule has 0 saturated heterocycles. The number of anilines is 1. The molecule has 2 aromatic rings. The third kappa shape index (κ3) is 2.16. The van der Waals surface area contributed by atoms with E-state index < -0.39 is 5.91 Å². The van der Waals surface area contributed by atoms with Gasteiger partial charge in [-0.05, 0) is 12.1 Å². The maximum Gasteiger partial charge on any atom is 0.322 e. The summed E-state index contributed by atoms with van der Waals surface area (Å²) in [6.07, 6.45) is 1.48. The number of furan rings is 1. The van der Waals surface area contributed by atoms with E-state index in [-0.39, 0.29) is 17.8 Å². The number of rotatable bonds is 3. The van der Waals surface area contributed by atoms with Crippen molar-refractivity contribution in [2.24, 2.45) is 0 Å². The lowest BCUT2D eigenvalue weighted by Gasteiger charge is -1.92. The first-order valence-electron chi connectivity index (χ1n) is 4.03. The molecule has 2 rings (SSSR count). The minimum Gasteiger partial charge on any atom is -0.459 e. The van der Waals surface area contributed by atoms with Crippen molar-refractivity contribution in [2.75, 3.05) is 11.2 Å². The molecule has 2 aromatic heterocycles. The number of alkyl halides is 1. The summed E-state index contributed by atoms with van der Waals surface area (Å²) in [6, 6.07) is 3.35. The maximum atomic E-state index is 10.9. The number of hydrogen-bond acceptors (Lipinski definition) is 5. The third-order valence-electron chi connectivity index (χ3n) is 1.52. The minimum absolute atomic E-state index is 0.00736. The summed E-state index contributed by atoms with van der Waals surface area (Å²) in [4.78, 5) is 10.9. The van der Waals surface area contributed by atoms with Gasteiger partial charge in [-0.2, -0.15) is 0 Å². The molecule has 0 saturated carbocycles. The fraction of sp³-hybridized carbons (Fsp3) is 0.125. The largest absolute Gasteiger partial charge is 0.459 e. The van der Waals surface area contributed by atoms with E-state index in [9.17, 15) is 4.79 Å². The van der Waals surface area contributed by atoms with E-state index in [1.807, 2.05) is 0 Å². The van der Waals surface area contributed by atoms with Gasteiger partial charge < -0.3 is 8.83 Å². The summed E-state index contributed by atoms with van der Waals surface area (Å²) in [5.41, 5.74) is 0. The van der Waals surface area contributed by atoms with E-state index >= 15 is 0 Å². The quantitative estimate of drug-likeness (QED) is 0.804. The number of halogens is 1. The monoisotopic (exact) mass is 227 g/mol. The SMILES string of the molecule is O=C(CCl)Nc1nnc(-c2ccco2)o1. The van der Waals surface area contributed by atoms with Gasteiger partial charge in [0.2, 0.25) is 5.91 Å². The highest BCUT2D eigenvalue weighted by molar-refractivity contribution is 6.28. The first-order chi connectivity index (χ1) is 7.29. The summed E-state index contributed by atoms with van der Waals surface area (Å²) in [6.45, 7) is 0. The van der Waals surface area contributed by atoms with Crippen molar-refractivity contribution in [1.29, 1.82) is 0 Å². The summed E-state index contributed by atoms with van der Waals surface area (Å²) < 4.78 is 10.1. The van der Waals surface area contributed by atoms with E-state index in [0.717, 1.165) is 0 Å². The molecule has 7 heteroatoms. The molecular formula is C8H6ClN3O3. The Kier molecular flexibility index (Phi) is 2.68. The number of nitrogens with zero attached hydrogens (tertiary/aromatic N) is 2. The second-order valence-electron chi connectivity index (χ2n) is 2.57. The van der Waals surface area contributed by atoms with Crippen LogP contribution in [0.1, 0.15) is 0 Å². The molecule has 0 aliphatic rings. The molecule has 15 heavy (non-hydrogen) atoms. The Balaban J connectivity index is 2.14. The van der Waals surface area contributed by atoms with Gasteiger partial charge in [0, 0.05) is 0 Å². The highest BCUT2D eigenvalue weighted by Crippen LogP contribution is 2.19. The molecule has 0 bridgehead atoms. The van der Waals surface area contributed by atoms with Crippen LogP contribution in [0.5, 0.6) is 0 Å².